The Balaban J connectivity index is 1.77. The molecule has 0 aromatic carbocycles. The second-order valence-electron chi connectivity index (χ2n) is 7.34. The molecule has 19 heavy (non-hydrogen) atoms. The highest BCUT2D eigenvalue weighted by atomic mass is 16.5. The van der Waals surface area contributed by atoms with Gasteiger partial charge in [-0.05, 0) is 51.9 Å². The first-order valence-corrected chi connectivity index (χ1v) is 7.82. The minimum absolute atomic E-state index is 0.167. The molecule has 0 N–H and O–H groups in total. The number of piperidine rings is 1. The van der Waals surface area contributed by atoms with Crippen molar-refractivity contribution in [1.29, 1.82) is 0 Å². The zero-order valence-electron chi connectivity index (χ0n) is 12.8. The van der Waals surface area contributed by atoms with Crippen molar-refractivity contribution >= 4 is 5.91 Å². The van der Waals surface area contributed by atoms with Gasteiger partial charge in [0.2, 0.25) is 5.91 Å². The van der Waals surface area contributed by atoms with Gasteiger partial charge in [0.25, 0.3) is 0 Å². The van der Waals surface area contributed by atoms with Gasteiger partial charge < -0.3 is 9.64 Å². The fourth-order valence-corrected chi connectivity index (χ4v) is 3.40. The SMILES string of the molecule is CC(C)(C)OCC(=O)N1CCC2(CCCCC2)CC1. The van der Waals surface area contributed by atoms with Gasteiger partial charge in [0.1, 0.15) is 6.61 Å². The van der Waals surface area contributed by atoms with E-state index in [1.165, 1.54) is 44.9 Å². The maximum absolute atomic E-state index is 12.1. The standard InChI is InChI=1S/C16H29NO2/c1-15(2,3)19-13-14(18)17-11-9-16(10-12-17)7-5-4-6-8-16/h4-13H2,1-3H3. The minimum atomic E-state index is -0.226. The Bertz CT molecular complexity index is 303. The van der Waals surface area contributed by atoms with Gasteiger partial charge in [-0.3, -0.25) is 4.79 Å². The molecule has 1 saturated heterocycles. The molecule has 110 valence electrons. The van der Waals surface area contributed by atoms with Crippen LogP contribution in [-0.4, -0.2) is 36.1 Å². The van der Waals surface area contributed by atoms with Gasteiger partial charge in [-0.1, -0.05) is 19.3 Å². The molecule has 0 radical (unpaired) electrons. The van der Waals surface area contributed by atoms with Crippen molar-refractivity contribution in [1.82, 2.24) is 4.90 Å². The van der Waals surface area contributed by atoms with Crippen LogP contribution in [-0.2, 0) is 9.53 Å². The lowest BCUT2D eigenvalue weighted by atomic mass is 9.68. The van der Waals surface area contributed by atoms with Crippen LogP contribution in [0.5, 0.6) is 0 Å². The maximum Gasteiger partial charge on any atom is 0.248 e. The van der Waals surface area contributed by atoms with Crippen LogP contribution >= 0.6 is 0 Å². The van der Waals surface area contributed by atoms with Crippen molar-refractivity contribution in [3.63, 3.8) is 0 Å². The highest BCUT2D eigenvalue weighted by Gasteiger charge is 2.36. The van der Waals surface area contributed by atoms with Crippen molar-refractivity contribution in [2.45, 2.75) is 71.3 Å². The summed E-state index contributed by atoms with van der Waals surface area (Å²) in [5.74, 6) is 0.167. The summed E-state index contributed by atoms with van der Waals surface area (Å²) >= 11 is 0. The molecule has 0 unspecified atom stereocenters. The van der Waals surface area contributed by atoms with Crippen LogP contribution < -0.4 is 0 Å². The summed E-state index contributed by atoms with van der Waals surface area (Å²) in [5.41, 5.74) is 0.343. The number of nitrogens with zero attached hydrogens (tertiary/aromatic N) is 1. The number of rotatable bonds is 2. The second-order valence-corrected chi connectivity index (χ2v) is 7.34. The zero-order chi connectivity index (χ0) is 13.9. The molecule has 2 rings (SSSR count). The second kappa shape index (κ2) is 5.82. The summed E-state index contributed by atoms with van der Waals surface area (Å²) in [5, 5.41) is 0. The first kappa shape index (κ1) is 14.8. The molecule has 0 aromatic heterocycles. The van der Waals surface area contributed by atoms with Crippen LogP contribution in [0.25, 0.3) is 0 Å². The summed E-state index contributed by atoms with van der Waals surface area (Å²) in [7, 11) is 0. The fourth-order valence-electron chi connectivity index (χ4n) is 3.40. The number of carbonyl (C=O) groups excluding carboxylic acids is 1. The molecule has 0 atom stereocenters. The molecule has 0 bridgehead atoms. The lowest BCUT2D eigenvalue weighted by molar-refractivity contribution is -0.143. The molecule has 2 aliphatic rings. The third-order valence-electron chi connectivity index (χ3n) is 4.72. The fraction of sp³-hybridized carbons (Fsp3) is 0.938. The molecule has 1 spiro atoms. The number of ether oxygens (including phenoxy) is 1. The van der Waals surface area contributed by atoms with Crippen LogP contribution in [0.2, 0.25) is 0 Å². The number of carbonyl (C=O) groups is 1. The summed E-state index contributed by atoms with van der Waals surface area (Å²) in [6.07, 6.45) is 9.36. The lowest BCUT2D eigenvalue weighted by Gasteiger charge is -2.44. The van der Waals surface area contributed by atoms with Crippen molar-refractivity contribution in [3.8, 4) is 0 Å². The third-order valence-corrected chi connectivity index (χ3v) is 4.72. The quantitative estimate of drug-likeness (QED) is 0.767. The van der Waals surface area contributed by atoms with E-state index in [0.717, 1.165) is 13.1 Å². The summed E-state index contributed by atoms with van der Waals surface area (Å²) in [4.78, 5) is 14.1. The van der Waals surface area contributed by atoms with Crippen LogP contribution in [0.1, 0.15) is 65.7 Å². The van der Waals surface area contributed by atoms with Crippen molar-refractivity contribution in [2.75, 3.05) is 19.7 Å². The molecular weight excluding hydrogens is 238 g/mol. The molecule has 1 amide bonds. The Morgan fingerprint density at radius 2 is 1.63 bits per heavy atom. The zero-order valence-corrected chi connectivity index (χ0v) is 12.8. The van der Waals surface area contributed by atoms with Gasteiger partial charge in [-0.25, -0.2) is 0 Å². The van der Waals surface area contributed by atoms with E-state index < -0.39 is 0 Å². The Morgan fingerprint density at radius 3 is 2.16 bits per heavy atom. The number of hydrogen-bond donors (Lipinski definition) is 0. The van der Waals surface area contributed by atoms with Crippen molar-refractivity contribution < 1.29 is 9.53 Å². The van der Waals surface area contributed by atoms with Gasteiger partial charge in [0, 0.05) is 13.1 Å². The lowest BCUT2D eigenvalue weighted by Crippen LogP contribution is -2.45. The number of amides is 1. The van der Waals surface area contributed by atoms with E-state index in [4.69, 9.17) is 4.74 Å². The predicted molar refractivity (Wildman–Crippen MR) is 77.0 cm³/mol. The van der Waals surface area contributed by atoms with Gasteiger partial charge in [0.05, 0.1) is 5.60 Å². The highest BCUT2D eigenvalue weighted by Crippen LogP contribution is 2.44. The average molecular weight is 267 g/mol. The molecule has 1 heterocycles. The molecule has 2 fully saturated rings. The molecule has 3 heteroatoms. The molecular formula is C16H29NO2. The van der Waals surface area contributed by atoms with Crippen molar-refractivity contribution in [3.05, 3.63) is 0 Å². The van der Waals surface area contributed by atoms with Gasteiger partial charge in [-0.2, -0.15) is 0 Å². The van der Waals surface area contributed by atoms with Crippen LogP contribution in [0.15, 0.2) is 0 Å². The summed E-state index contributed by atoms with van der Waals surface area (Å²) in [6.45, 7) is 8.09. The van der Waals surface area contributed by atoms with E-state index in [2.05, 4.69) is 0 Å². The normalized spacial score (nSPS) is 23.6. The highest BCUT2D eigenvalue weighted by molar-refractivity contribution is 5.77. The molecule has 1 saturated carbocycles. The smallest absolute Gasteiger partial charge is 0.248 e. The van der Waals surface area contributed by atoms with E-state index >= 15 is 0 Å². The predicted octanol–water partition coefficient (Wildman–Crippen LogP) is 3.37. The van der Waals surface area contributed by atoms with Crippen molar-refractivity contribution in [2.24, 2.45) is 5.41 Å². The van der Waals surface area contributed by atoms with E-state index in [1.54, 1.807) is 0 Å². The van der Waals surface area contributed by atoms with E-state index in [-0.39, 0.29) is 18.1 Å². The molecule has 1 aliphatic carbocycles. The Kier molecular flexibility index (Phi) is 4.54. The van der Waals surface area contributed by atoms with Gasteiger partial charge >= 0.3 is 0 Å². The van der Waals surface area contributed by atoms with E-state index in [9.17, 15) is 4.79 Å². The van der Waals surface area contributed by atoms with Gasteiger partial charge in [0.15, 0.2) is 0 Å². The number of likely N-dealkylation sites (tertiary alicyclic amines) is 1. The molecule has 3 nitrogen and oxygen atoms in total. The molecule has 1 aliphatic heterocycles. The van der Waals surface area contributed by atoms with Crippen LogP contribution in [0.3, 0.4) is 0 Å². The first-order valence-electron chi connectivity index (χ1n) is 7.82. The molecule has 0 aromatic rings. The van der Waals surface area contributed by atoms with E-state index in [0.29, 0.717) is 5.41 Å². The number of hydrogen-bond acceptors (Lipinski definition) is 2. The van der Waals surface area contributed by atoms with E-state index in [1.807, 2.05) is 25.7 Å². The topological polar surface area (TPSA) is 29.5 Å². The summed E-state index contributed by atoms with van der Waals surface area (Å²) in [6, 6.07) is 0. The maximum atomic E-state index is 12.1. The average Bonchev–Trinajstić information content (AvgIpc) is 2.37. The minimum Gasteiger partial charge on any atom is -0.366 e. The third kappa shape index (κ3) is 4.20. The Morgan fingerprint density at radius 1 is 1.05 bits per heavy atom. The first-order chi connectivity index (χ1) is 8.90. The van der Waals surface area contributed by atoms with Crippen LogP contribution in [0, 0.1) is 5.41 Å². The monoisotopic (exact) mass is 267 g/mol. The van der Waals surface area contributed by atoms with Gasteiger partial charge in [-0.15, -0.1) is 0 Å². The Labute approximate surface area is 117 Å². The Hall–Kier alpha value is -0.570. The largest absolute Gasteiger partial charge is 0.366 e. The summed E-state index contributed by atoms with van der Waals surface area (Å²) < 4.78 is 5.59. The van der Waals surface area contributed by atoms with Crippen LogP contribution in [0.4, 0.5) is 0 Å².